The van der Waals surface area contributed by atoms with Gasteiger partial charge in [0.2, 0.25) is 0 Å². The van der Waals surface area contributed by atoms with Crippen molar-refractivity contribution >= 4 is 54.9 Å². The Labute approximate surface area is 271 Å². The second-order valence-corrected chi connectivity index (χ2v) is 12.2. The minimum Gasteiger partial charge on any atom is -0.496 e. The molecule has 0 aliphatic rings. The number of rotatable bonds is 9. The van der Waals surface area contributed by atoms with E-state index in [0.29, 0.717) is 37.0 Å². The van der Waals surface area contributed by atoms with Gasteiger partial charge in [0.25, 0.3) is 5.56 Å². The topological polar surface area (TPSA) is 103 Å². The number of halogens is 2. The Hall–Kier alpha value is -4.28. The van der Waals surface area contributed by atoms with Gasteiger partial charge in [-0.15, -0.1) is 0 Å². The molecule has 10 heteroatoms. The molecule has 0 fully saturated rings. The molecule has 0 saturated carbocycles. The number of hydrogen-bond acceptors (Lipinski definition) is 6. The fourth-order valence-corrected chi connectivity index (χ4v) is 6.29. The zero-order valence-corrected chi connectivity index (χ0v) is 27.6. The first-order valence-corrected chi connectivity index (χ1v) is 15.3. The Morgan fingerprint density at radius 2 is 1.77 bits per heavy atom. The number of ether oxygens (including phenoxy) is 2. The molecule has 1 heterocycles. The van der Waals surface area contributed by atoms with Gasteiger partial charge in [-0.3, -0.25) is 4.79 Å². The first kappa shape index (κ1) is 31.2. The van der Waals surface area contributed by atoms with Gasteiger partial charge in [0.15, 0.2) is 5.82 Å². The lowest BCUT2D eigenvalue weighted by atomic mass is 9.96. The van der Waals surface area contributed by atoms with Crippen LogP contribution in [0.15, 0.2) is 91.6 Å². The SMILES string of the molecule is COc1cc(C)c(-c2nc3ccccc3c(=O)n2N=Cc2cc(Br)c(OCc3cccc(C(=O)O)c3)c(Br)c2)cc1C(C)C. The van der Waals surface area contributed by atoms with Crippen LogP contribution >= 0.6 is 31.9 Å². The highest BCUT2D eigenvalue weighted by Crippen LogP contribution is 2.36. The molecule has 0 atom stereocenters. The summed E-state index contributed by atoms with van der Waals surface area (Å²) in [5.74, 6) is 0.942. The van der Waals surface area contributed by atoms with E-state index in [2.05, 4.69) is 50.8 Å². The summed E-state index contributed by atoms with van der Waals surface area (Å²) in [6.45, 7) is 6.31. The lowest BCUT2D eigenvalue weighted by Gasteiger charge is -2.17. The van der Waals surface area contributed by atoms with Crippen LogP contribution in [-0.4, -0.2) is 34.1 Å². The standard InChI is InChI=1S/C34H29Br2N3O5/c1-19(2)25-16-26(20(3)12-30(25)43-4)32-38-29-11-6-5-10-24(29)33(40)39(32)37-17-22-14-27(35)31(28(36)15-22)44-18-21-8-7-9-23(13-21)34(41)42/h5-17,19H,18H2,1-4H3,(H,41,42). The van der Waals surface area contributed by atoms with E-state index in [4.69, 9.17) is 14.5 Å². The molecule has 0 amide bonds. The summed E-state index contributed by atoms with van der Waals surface area (Å²) in [5.41, 5.74) is 4.60. The van der Waals surface area contributed by atoms with E-state index in [-0.39, 0.29) is 23.6 Å². The highest BCUT2D eigenvalue weighted by atomic mass is 79.9. The van der Waals surface area contributed by atoms with Crippen LogP contribution in [0.1, 0.15) is 52.4 Å². The molecule has 8 nitrogen and oxygen atoms in total. The average Bonchev–Trinajstić information content (AvgIpc) is 3.00. The smallest absolute Gasteiger partial charge is 0.335 e. The van der Waals surface area contributed by atoms with Crippen LogP contribution in [0.5, 0.6) is 11.5 Å². The number of carbonyl (C=O) groups is 1. The number of carboxylic acids is 1. The minimum atomic E-state index is -0.996. The van der Waals surface area contributed by atoms with Crippen LogP contribution < -0.4 is 15.0 Å². The van der Waals surface area contributed by atoms with Crippen molar-refractivity contribution in [3.05, 3.63) is 120 Å². The zero-order chi connectivity index (χ0) is 31.5. The maximum absolute atomic E-state index is 13.8. The van der Waals surface area contributed by atoms with Gasteiger partial charge in [-0.2, -0.15) is 9.78 Å². The van der Waals surface area contributed by atoms with Crippen molar-refractivity contribution in [3.8, 4) is 22.9 Å². The number of aromatic carboxylic acids is 1. The summed E-state index contributed by atoms with van der Waals surface area (Å²) in [6, 6.07) is 21.5. The molecule has 0 aliphatic carbocycles. The van der Waals surface area contributed by atoms with Crippen molar-refractivity contribution in [3.63, 3.8) is 0 Å². The lowest BCUT2D eigenvalue weighted by Crippen LogP contribution is -2.20. The lowest BCUT2D eigenvalue weighted by molar-refractivity contribution is 0.0696. The van der Waals surface area contributed by atoms with E-state index in [1.165, 1.54) is 10.7 Å². The summed E-state index contributed by atoms with van der Waals surface area (Å²) >= 11 is 7.15. The number of hydrogen-bond donors (Lipinski definition) is 1. The van der Waals surface area contributed by atoms with Crippen molar-refractivity contribution in [2.45, 2.75) is 33.3 Å². The van der Waals surface area contributed by atoms with E-state index in [1.54, 1.807) is 43.7 Å². The largest absolute Gasteiger partial charge is 0.496 e. The molecule has 0 aliphatic heterocycles. The van der Waals surface area contributed by atoms with E-state index in [0.717, 1.165) is 28.0 Å². The maximum atomic E-state index is 13.8. The van der Waals surface area contributed by atoms with E-state index < -0.39 is 5.97 Å². The second kappa shape index (κ2) is 13.2. The molecule has 0 unspecified atom stereocenters. The number of aryl methyl sites for hydroxylation is 1. The summed E-state index contributed by atoms with van der Waals surface area (Å²) in [6.07, 6.45) is 1.60. The van der Waals surface area contributed by atoms with Crippen molar-refractivity contribution < 1.29 is 19.4 Å². The Morgan fingerprint density at radius 1 is 1.05 bits per heavy atom. The molecular weight excluding hydrogens is 690 g/mol. The van der Waals surface area contributed by atoms with Crippen molar-refractivity contribution in [1.29, 1.82) is 0 Å². The molecule has 224 valence electrons. The third-order valence-electron chi connectivity index (χ3n) is 7.09. The van der Waals surface area contributed by atoms with E-state index in [1.807, 2.05) is 43.3 Å². The molecule has 5 rings (SSSR count). The fourth-order valence-electron chi connectivity index (χ4n) is 4.84. The number of benzene rings is 4. The minimum absolute atomic E-state index is 0.173. The molecule has 44 heavy (non-hydrogen) atoms. The maximum Gasteiger partial charge on any atom is 0.335 e. The van der Waals surface area contributed by atoms with Crippen LogP contribution in [0.4, 0.5) is 0 Å². The Bertz CT molecular complexity index is 1960. The Morgan fingerprint density at radius 3 is 2.45 bits per heavy atom. The van der Waals surface area contributed by atoms with E-state index >= 15 is 0 Å². The van der Waals surface area contributed by atoms with Crippen LogP contribution in [0.3, 0.4) is 0 Å². The number of para-hydroxylation sites is 1. The predicted molar refractivity (Wildman–Crippen MR) is 179 cm³/mol. The van der Waals surface area contributed by atoms with Crippen molar-refractivity contribution in [2.75, 3.05) is 7.11 Å². The zero-order valence-electron chi connectivity index (χ0n) is 24.5. The molecule has 1 aromatic heterocycles. The third kappa shape index (κ3) is 6.46. The van der Waals surface area contributed by atoms with Gasteiger partial charge in [-0.25, -0.2) is 9.78 Å². The van der Waals surface area contributed by atoms with Gasteiger partial charge in [-0.1, -0.05) is 38.1 Å². The first-order chi connectivity index (χ1) is 21.1. The molecule has 4 aromatic carbocycles. The second-order valence-electron chi connectivity index (χ2n) is 10.5. The summed E-state index contributed by atoms with van der Waals surface area (Å²) < 4.78 is 14.3. The highest BCUT2D eigenvalue weighted by Gasteiger charge is 2.18. The van der Waals surface area contributed by atoms with Crippen LogP contribution in [0.25, 0.3) is 22.3 Å². The van der Waals surface area contributed by atoms with E-state index in [9.17, 15) is 14.7 Å². The first-order valence-electron chi connectivity index (χ1n) is 13.8. The van der Waals surface area contributed by atoms with Gasteiger partial charge in [0.05, 0.1) is 38.7 Å². The van der Waals surface area contributed by atoms with Gasteiger partial charge < -0.3 is 14.6 Å². The summed E-state index contributed by atoms with van der Waals surface area (Å²) in [7, 11) is 1.65. The predicted octanol–water partition coefficient (Wildman–Crippen LogP) is 8.19. The molecule has 5 aromatic rings. The number of methoxy groups -OCH3 is 1. The highest BCUT2D eigenvalue weighted by molar-refractivity contribution is 9.11. The fraction of sp³-hybridized carbons (Fsp3) is 0.176. The molecule has 1 N–H and O–H groups in total. The summed E-state index contributed by atoms with van der Waals surface area (Å²) in [5, 5.41) is 14.4. The van der Waals surface area contributed by atoms with Crippen LogP contribution in [0.2, 0.25) is 0 Å². The quantitative estimate of drug-likeness (QED) is 0.154. The number of carboxylic acid groups (broad SMARTS) is 1. The third-order valence-corrected chi connectivity index (χ3v) is 8.27. The Balaban J connectivity index is 1.54. The molecule has 0 bridgehead atoms. The van der Waals surface area contributed by atoms with Crippen molar-refractivity contribution in [1.82, 2.24) is 9.66 Å². The average molecular weight is 719 g/mol. The van der Waals surface area contributed by atoms with Gasteiger partial charge >= 0.3 is 5.97 Å². The molecular formula is C34H29Br2N3O5. The monoisotopic (exact) mass is 717 g/mol. The molecule has 0 radical (unpaired) electrons. The number of nitrogens with zero attached hydrogens (tertiary/aromatic N) is 3. The molecule has 0 saturated heterocycles. The summed E-state index contributed by atoms with van der Waals surface area (Å²) in [4.78, 5) is 30.0. The van der Waals surface area contributed by atoms with Crippen molar-refractivity contribution in [2.24, 2.45) is 5.10 Å². The van der Waals surface area contributed by atoms with Gasteiger partial charge in [0.1, 0.15) is 18.1 Å². The van der Waals surface area contributed by atoms with Crippen LogP contribution in [-0.2, 0) is 6.61 Å². The van der Waals surface area contributed by atoms with Gasteiger partial charge in [-0.05, 0) is 115 Å². The van der Waals surface area contributed by atoms with Crippen LogP contribution in [0, 0.1) is 6.92 Å². The molecule has 0 spiro atoms. The normalized spacial score (nSPS) is 11.4. The van der Waals surface area contributed by atoms with Gasteiger partial charge in [0, 0.05) is 5.56 Å². The Kier molecular flexibility index (Phi) is 9.31. The number of fused-ring (bicyclic) bond motifs is 1. The number of aromatic nitrogens is 2.